The van der Waals surface area contributed by atoms with E-state index < -0.39 is 0 Å². The van der Waals surface area contributed by atoms with E-state index in [0.29, 0.717) is 6.42 Å². The molecule has 1 saturated heterocycles. The Hall–Kier alpha value is -0.920. The summed E-state index contributed by atoms with van der Waals surface area (Å²) < 4.78 is 5.02. The number of rotatable bonds is 12. The fraction of sp³-hybridized carbons (Fsp3) is 0.810. The number of hydrogen-bond acceptors (Lipinski definition) is 1. The third kappa shape index (κ3) is 14.0. The molecule has 0 radical (unpaired) electrons. The van der Waals surface area contributed by atoms with Crippen LogP contribution in [0.25, 0.3) is 0 Å². The molecule has 22 heavy (non-hydrogen) atoms. The maximum absolute atomic E-state index is 5.02. The van der Waals surface area contributed by atoms with Crippen molar-refractivity contribution in [1.82, 2.24) is 0 Å². The van der Waals surface area contributed by atoms with Gasteiger partial charge in [-0.15, -0.1) is 5.92 Å². The van der Waals surface area contributed by atoms with Crippen LogP contribution in [0.15, 0.2) is 0 Å². The number of unbranched alkanes of at least 4 members (excludes halogenated alkanes) is 12. The predicted molar refractivity (Wildman–Crippen MR) is 95.6 cm³/mol. The molecule has 124 valence electrons. The SMILES string of the molecule is CCCCCCCCCCCCCCC#CCC#CC1CO1. The van der Waals surface area contributed by atoms with E-state index >= 15 is 0 Å². The summed E-state index contributed by atoms with van der Waals surface area (Å²) in [6.45, 7) is 3.10. The van der Waals surface area contributed by atoms with Gasteiger partial charge in [0, 0.05) is 6.42 Å². The second kappa shape index (κ2) is 15.0. The van der Waals surface area contributed by atoms with Gasteiger partial charge in [-0.25, -0.2) is 0 Å². The third-order valence-electron chi connectivity index (χ3n) is 4.05. The molecule has 0 N–H and O–H groups in total. The molecule has 1 fully saturated rings. The maximum Gasteiger partial charge on any atom is 0.141 e. The third-order valence-corrected chi connectivity index (χ3v) is 4.05. The standard InChI is InChI=1S/C21H34O/c1-2-3-4-5-6-7-8-9-10-11-12-13-14-15-16-17-18-19-21-20-22-21/h21H,2-14,17,20H2,1H3. The van der Waals surface area contributed by atoms with Crippen LogP contribution in [-0.2, 0) is 4.74 Å². The summed E-state index contributed by atoms with van der Waals surface area (Å²) in [5, 5.41) is 0. The molecule has 1 heterocycles. The highest BCUT2D eigenvalue weighted by Crippen LogP contribution is 2.12. The number of hydrogen-bond donors (Lipinski definition) is 0. The molecule has 0 spiro atoms. The molecule has 0 amide bonds. The van der Waals surface area contributed by atoms with Gasteiger partial charge in [0.05, 0.1) is 13.0 Å². The topological polar surface area (TPSA) is 12.5 Å². The lowest BCUT2D eigenvalue weighted by Gasteiger charge is -2.01. The van der Waals surface area contributed by atoms with E-state index in [4.69, 9.17) is 4.74 Å². The van der Waals surface area contributed by atoms with Gasteiger partial charge in [0.25, 0.3) is 0 Å². The maximum atomic E-state index is 5.02. The zero-order valence-electron chi connectivity index (χ0n) is 14.6. The smallest absolute Gasteiger partial charge is 0.141 e. The second-order valence-electron chi connectivity index (χ2n) is 6.31. The Morgan fingerprint density at radius 2 is 1.27 bits per heavy atom. The Labute approximate surface area is 138 Å². The Morgan fingerprint density at radius 3 is 1.82 bits per heavy atom. The van der Waals surface area contributed by atoms with Gasteiger partial charge < -0.3 is 4.74 Å². The molecular weight excluding hydrogens is 268 g/mol. The van der Waals surface area contributed by atoms with Crippen LogP contribution in [0.1, 0.15) is 96.8 Å². The fourth-order valence-electron chi connectivity index (χ4n) is 2.55. The minimum absolute atomic E-state index is 0.221. The van der Waals surface area contributed by atoms with Crippen molar-refractivity contribution in [3.63, 3.8) is 0 Å². The molecule has 1 rings (SSSR count). The predicted octanol–water partition coefficient (Wildman–Crippen LogP) is 5.87. The first-order valence-electron chi connectivity index (χ1n) is 9.49. The van der Waals surface area contributed by atoms with Crippen molar-refractivity contribution >= 4 is 0 Å². The summed E-state index contributed by atoms with van der Waals surface area (Å²) in [5.41, 5.74) is 0. The molecule has 0 aromatic heterocycles. The molecule has 0 saturated carbocycles. The lowest BCUT2D eigenvalue weighted by Crippen LogP contribution is -1.82. The van der Waals surface area contributed by atoms with E-state index in [1.807, 2.05) is 0 Å². The van der Waals surface area contributed by atoms with E-state index in [1.54, 1.807) is 0 Å². The van der Waals surface area contributed by atoms with Gasteiger partial charge in [0.1, 0.15) is 6.10 Å². The first kappa shape index (κ1) is 19.1. The van der Waals surface area contributed by atoms with E-state index in [1.165, 1.54) is 77.0 Å². The summed E-state index contributed by atoms with van der Waals surface area (Å²) in [4.78, 5) is 0. The molecule has 0 aromatic rings. The van der Waals surface area contributed by atoms with E-state index in [2.05, 4.69) is 30.6 Å². The van der Waals surface area contributed by atoms with E-state index in [0.717, 1.165) is 13.0 Å². The van der Waals surface area contributed by atoms with Crippen molar-refractivity contribution in [2.75, 3.05) is 6.61 Å². The van der Waals surface area contributed by atoms with Crippen LogP contribution in [0.3, 0.4) is 0 Å². The highest BCUT2D eigenvalue weighted by molar-refractivity contribution is 5.16. The molecule has 1 atom stereocenters. The van der Waals surface area contributed by atoms with Crippen LogP contribution < -0.4 is 0 Å². The molecule has 1 aliphatic rings. The number of epoxide rings is 1. The van der Waals surface area contributed by atoms with Gasteiger partial charge in [-0.2, -0.15) is 0 Å². The summed E-state index contributed by atoms with van der Waals surface area (Å²) in [7, 11) is 0. The van der Waals surface area contributed by atoms with Gasteiger partial charge in [-0.1, -0.05) is 95.3 Å². The van der Waals surface area contributed by atoms with Crippen LogP contribution in [0, 0.1) is 23.7 Å². The van der Waals surface area contributed by atoms with Crippen LogP contribution in [0.5, 0.6) is 0 Å². The minimum Gasteiger partial charge on any atom is -0.359 e. The van der Waals surface area contributed by atoms with Crippen LogP contribution >= 0.6 is 0 Å². The fourth-order valence-corrected chi connectivity index (χ4v) is 2.55. The van der Waals surface area contributed by atoms with Crippen LogP contribution in [0.2, 0.25) is 0 Å². The lowest BCUT2D eigenvalue weighted by atomic mass is 10.0. The normalized spacial score (nSPS) is 15.6. The highest BCUT2D eigenvalue weighted by atomic mass is 16.6. The monoisotopic (exact) mass is 302 g/mol. The average Bonchev–Trinajstić information content (AvgIpc) is 3.34. The van der Waals surface area contributed by atoms with Gasteiger partial charge in [-0.05, 0) is 6.42 Å². The zero-order valence-corrected chi connectivity index (χ0v) is 14.6. The molecule has 0 aliphatic carbocycles. The average molecular weight is 303 g/mol. The largest absolute Gasteiger partial charge is 0.359 e. The van der Waals surface area contributed by atoms with Crippen LogP contribution in [0.4, 0.5) is 0 Å². The quantitative estimate of drug-likeness (QED) is 0.249. The van der Waals surface area contributed by atoms with E-state index in [-0.39, 0.29) is 6.10 Å². The first-order valence-corrected chi connectivity index (χ1v) is 9.49. The number of ether oxygens (including phenoxy) is 1. The molecule has 0 bridgehead atoms. The minimum atomic E-state index is 0.221. The highest BCUT2D eigenvalue weighted by Gasteiger charge is 2.18. The Kier molecular flexibility index (Phi) is 13.0. The van der Waals surface area contributed by atoms with Crippen LogP contribution in [-0.4, -0.2) is 12.7 Å². The molecule has 1 aliphatic heterocycles. The van der Waals surface area contributed by atoms with Crippen molar-refractivity contribution in [2.45, 2.75) is 103 Å². The lowest BCUT2D eigenvalue weighted by molar-refractivity contribution is 0.445. The van der Waals surface area contributed by atoms with Crippen molar-refractivity contribution in [2.24, 2.45) is 0 Å². The van der Waals surface area contributed by atoms with Crippen molar-refractivity contribution in [3.8, 4) is 23.7 Å². The molecule has 1 nitrogen and oxygen atoms in total. The molecule has 0 aromatic carbocycles. The molecular formula is C21H34O. The van der Waals surface area contributed by atoms with Gasteiger partial charge in [-0.3, -0.25) is 0 Å². The molecule has 1 unspecified atom stereocenters. The molecule has 1 heteroatoms. The summed E-state index contributed by atoms with van der Waals surface area (Å²) >= 11 is 0. The van der Waals surface area contributed by atoms with E-state index in [9.17, 15) is 0 Å². The zero-order chi connectivity index (χ0) is 15.7. The summed E-state index contributed by atoms with van der Waals surface area (Å²) in [6, 6.07) is 0. The second-order valence-corrected chi connectivity index (χ2v) is 6.31. The van der Waals surface area contributed by atoms with Crippen molar-refractivity contribution in [3.05, 3.63) is 0 Å². The summed E-state index contributed by atoms with van der Waals surface area (Å²) in [5.74, 6) is 12.4. The van der Waals surface area contributed by atoms with Gasteiger partial charge in [0.15, 0.2) is 0 Å². The van der Waals surface area contributed by atoms with Crippen molar-refractivity contribution < 1.29 is 4.74 Å². The Morgan fingerprint density at radius 1 is 0.727 bits per heavy atom. The summed E-state index contributed by atoms with van der Waals surface area (Å²) in [6.07, 6.45) is 18.8. The first-order chi connectivity index (χ1) is 10.9. The Balaban J connectivity index is 1.71. The van der Waals surface area contributed by atoms with Crippen molar-refractivity contribution in [1.29, 1.82) is 0 Å². The van der Waals surface area contributed by atoms with Gasteiger partial charge in [0.2, 0.25) is 0 Å². The Bertz CT molecular complexity index is 359. The van der Waals surface area contributed by atoms with Gasteiger partial charge >= 0.3 is 0 Å².